The summed E-state index contributed by atoms with van der Waals surface area (Å²) >= 11 is 6.16. The molecular formula is C21H19ClN2O4. The highest BCUT2D eigenvalue weighted by Gasteiger charge is 2.24. The number of esters is 1. The van der Waals surface area contributed by atoms with E-state index < -0.39 is 17.9 Å². The van der Waals surface area contributed by atoms with Gasteiger partial charge in [0.2, 0.25) is 0 Å². The SMILES string of the molecule is COC(=O)[C@@H](Cc1ccc(OC)c(Cl)c1)NC(=O)c1cccc2cccnc12. The minimum Gasteiger partial charge on any atom is -0.495 e. The first kappa shape index (κ1) is 19.6. The van der Waals surface area contributed by atoms with E-state index in [1.54, 1.807) is 42.6 Å². The third kappa shape index (κ3) is 4.23. The molecule has 1 N–H and O–H groups in total. The molecule has 0 spiro atoms. The van der Waals surface area contributed by atoms with Gasteiger partial charge in [-0.3, -0.25) is 9.78 Å². The van der Waals surface area contributed by atoms with Gasteiger partial charge in [0.15, 0.2) is 0 Å². The summed E-state index contributed by atoms with van der Waals surface area (Å²) in [6.07, 6.45) is 1.84. The van der Waals surface area contributed by atoms with Crippen molar-refractivity contribution in [3.63, 3.8) is 0 Å². The van der Waals surface area contributed by atoms with Gasteiger partial charge in [0.1, 0.15) is 11.8 Å². The molecule has 3 aromatic rings. The van der Waals surface area contributed by atoms with Crippen molar-refractivity contribution < 1.29 is 19.1 Å². The third-order valence-corrected chi connectivity index (χ3v) is 4.62. The van der Waals surface area contributed by atoms with Gasteiger partial charge < -0.3 is 14.8 Å². The van der Waals surface area contributed by atoms with Crippen molar-refractivity contribution in [1.82, 2.24) is 10.3 Å². The first-order valence-electron chi connectivity index (χ1n) is 8.58. The van der Waals surface area contributed by atoms with Gasteiger partial charge in [0.25, 0.3) is 5.91 Å². The van der Waals surface area contributed by atoms with Crippen LogP contribution in [0.1, 0.15) is 15.9 Å². The molecule has 144 valence electrons. The Morgan fingerprint density at radius 2 is 1.93 bits per heavy atom. The van der Waals surface area contributed by atoms with Gasteiger partial charge in [-0.1, -0.05) is 35.9 Å². The number of aromatic nitrogens is 1. The number of carbonyl (C=O) groups is 2. The van der Waals surface area contributed by atoms with Crippen molar-refractivity contribution in [2.45, 2.75) is 12.5 Å². The van der Waals surface area contributed by atoms with E-state index in [1.807, 2.05) is 12.1 Å². The third-order valence-electron chi connectivity index (χ3n) is 4.32. The quantitative estimate of drug-likeness (QED) is 0.644. The Morgan fingerprint density at radius 1 is 1.14 bits per heavy atom. The molecular weight excluding hydrogens is 380 g/mol. The van der Waals surface area contributed by atoms with E-state index in [0.717, 1.165) is 10.9 Å². The van der Waals surface area contributed by atoms with Gasteiger partial charge in [0.05, 0.1) is 30.3 Å². The lowest BCUT2D eigenvalue weighted by atomic mass is 10.0. The van der Waals surface area contributed by atoms with Crippen molar-refractivity contribution in [3.8, 4) is 5.75 Å². The van der Waals surface area contributed by atoms with Crippen LogP contribution in [0, 0.1) is 0 Å². The highest BCUT2D eigenvalue weighted by atomic mass is 35.5. The number of hydrogen-bond acceptors (Lipinski definition) is 5. The average Bonchev–Trinajstić information content (AvgIpc) is 2.72. The molecule has 0 unspecified atom stereocenters. The number of nitrogens with zero attached hydrogens (tertiary/aromatic N) is 1. The van der Waals surface area contributed by atoms with E-state index in [0.29, 0.717) is 21.9 Å². The van der Waals surface area contributed by atoms with E-state index in [2.05, 4.69) is 10.3 Å². The molecule has 0 saturated heterocycles. The Hall–Kier alpha value is -3.12. The molecule has 0 aliphatic rings. The lowest BCUT2D eigenvalue weighted by Gasteiger charge is -2.17. The Kier molecular flexibility index (Phi) is 6.11. The number of fused-ring (bicyclic) bond motifs is 1. The number of pyridine rings is 1. The normalized spacial score (nSPS) is 11.7. The Bertz CT molecular complexity index is 1020. The number of methoxy groups -OCH3 is 2. The maximum absolute atomic E-state index is 12.8. The molecule has 0 saturated carbocycles. The molecule has 0 aliphatic carbocycles. The van der Waals surface area contributed by atoms with E-state index in [-0.39, 0.29) is 6.42 Å². The molecule has 0 aliphatic heterocycles. The molecule has 1 heterocycles. The smallest absolute Gasteiger partial charge is 0.328 e. The summed E-state index contributed by atoms with van der Waals surface area (Å²) in [7, 11) is 2.80. The number of halogens is 1. The monoisotopic (exact) mass is 398 g/mol. The zero-order valence-electron chi connectivity index (χ0n) is 15.4. The lowest BCUT2D eigenvalue weighted by Crippen LogP contribution is -2.43. The second-order valence-corrected chi connectivity index (χ2v) is 6.51. The van der Waals surface area contributed by atoms with Gasteiger partial charge >= 0.3 is 5.97 Å². The van der Waals surface area contributed by atoms with Crippen LogP contribution in [0.15, 0.2) is 54.7 Å². The van der Waals surface area contributed by atoms with E-state index in [1.165, 1.54) is 14.2 Å². The number of nitrogens with one attached hydrogen (secondary N) is 1. The first-order chi connectivity index (χ1) is 13.5. The fraction of sp³-hybridized carbons (Fsp3) is 0.190. The molecule has 6 nitrogen and oxygen atoms in total. The van der Waals surface area contributed by atoms with Crippen LogP contribution in [0.5, 0.6) is 5.75 Å². The van der Waals surface area contributed by atoms with Crippen LogP contribution in [-0.4, -0.2) is 37.1 Å². The number of benzene rings is 2. The van der Waals surface area contributed by atoms with Crippen molar-refractivity contribution in [1.29, 1.82) is 0 Å². The number of ether oxygens (including phenoxy) is 2. The number of amides is 1. The summed E-state index contributed by atoms with van der Waals surface area (Å²) in [5.41, 5.74) is 1.72. The fourth-order valence-electron chi connectivity index (χ4n) is 2.93. The summed E-state index contributed by atoms with van der Waals surface area (Å²) in [5.74, 6) is -0.418. The standard InChI is InChI=1S/C21H19ClN2O4/c1-27-18-9-8-13(11-16(18)22)12-17(21(26)28-2)24-20(25)15-7-3-5-14-6-4-10-23-19(14)15/h3-11,17H,12H2,1-2H3,(H,24,25)/t17-/m1/s1. The van der Waals surface area contributed by atoms with Crippen LogP contribution in [0.3, 0.4) is 0 Å². The summed E-state index contributed by atoms with van der Waals surface area (Å²) in [6.45, 7) is 0. The zero-order chi connectivity index (χ0) is 20.1. The van der Waals surface area contributed by atoms with Crippen LogP contribution in [0.25, 0.3) is 10.9 Å². The molecule has 3 rings (SSSR count). The molecule has 2 aromatic carbocycles. The van der Waals surface area contributed by atoms with Gasteiger partial charge in [0, 0.05) is 18.0 Å². The summed E-state index contributed by atoms with van der Waals surface area (Å²) in [6, 6.07) is 13.3. The Labute approximate surface area is 167 Å². The average molecular weight is 399 g/mol. The minimum absolute atomic E-state index is 0.223. The molecule has 0 radical (unpaired) electrons. The van der Waals surface area contributed by atoms with Crippen LogP contribution >= 0.6 is 11.6 Å². The van der Waals surface area contributed by atoms with Crippen LogP contribution in [-0.2, 0) is 16.0 Å². The number of hydrogen-bond donors (Lipinski definition) is 1. The number of carbonyl (C=O) groups excluding carboxylic acids is 2. The maximum atomic E-state index is 12.8. The summed E-state index contributed by atoms with van der Waals surface area (Å²) in [5, 5.41) is 4.01. The lowest BCUT2D eigenvalue weighted by molar-refractivity contribution is -0.142. The topological polar surface area (TPSA) is 77.5 Å². The fourth-order valence-corrected chi connectivity index (χ4v) is 3.21. The molecule has 7 heteroatoms. The van der Waals surface area contributed by atoms with E-state index in [4.69, 9.17) is 21.1 Å². The van der Waals surface area contributed by atoms with Gasteiger partial charge in [-0.15, -0.1) is 0 Å². The second kappa shape index (κ2) is 8.71. The van der Waals surface area contributed by atoms with Crippen LogP contribution in [0.4, 0.5) is 0 Å². The molecule has 28 heavy (non-hydrogen) atoms. The van der Waals surface area contributed by atoms with Gasteiger partial charge in [-0.25, -0.2) is 4.79 Å². The molecule has 0 fully saturated rings. The zero-order valence-corrected chi connectivity index (χ0v) is 16.2. The molecule has 1 amide bonds. The highest BCUT2D eigenvalue weighted by molar-refractivity contribution is 6.32. The number of para-hydroxylation sites is 1. The first-order valence-corrected chi connectivity index (χ1v) is 8.96. The second-order valence-electron chi connectivity index (χ2n) is 6.10. The largest absolute Gasteiger partial charge is 0.495 e. The molecule has 1 aromatic heterocycles. The van der Waals surface area contributed by atoms with Gasteiger partial charge in [-0.05, 0) is 29.8 Å². The van der Waals surface area contributed by atoms with Crippen molar-refractivity contribution >= 4 is 34.4 Å². The molecule has 1 atom stereocenters. The summed E-state index contributed by atoms with van der Waals surface area (Å²) in [4.78, 5) is 29.4. The predicted octanol–water partition coefficient (Wildman–Crippen LogP) is 3.41. The number of rotatable bonds is 6. The van der Waals surface area contributed by atoms with Crippen molar-refractivity contribution in [2.75, 3.05) is 14.2 Å². The Balaban J connectivity index is 1.85. The van der Waals surface area contributed by atoms with Crippen molar-refractivity contribution in [2.24, 2.45) is 0 Å². The van der Waals surface area contributed by atoms with E-state index >= 15 is 0 Å². The van der Waals surface area contributed by atoms with Crippen molar-refractivity contribution in [3.05, 3.63) is 70.9 Å². The van der Waals surface area contributed by atoms with Crippen LogP contribution in [0.2, 0.25) is 5.02 Å². The molecule has 0 bridgehead atoms. The van der Waals surface area contributed by atoms with E-state index in [9.17, 15) is 9.59 Å². The maximum Gasteiger partial charge on any atom is 0.328 e. The highest BCUT2D eigenvalue weighted by Crippen LogP contribution is 2.25. The van der Waals surface area contributed by atoms with Gasteiger partial charge in [-0.2, -0.15) is 0 Å². The Morgan fingerprint density at radius 3 is 2.64 bits per heavy atom. The van der Waals surface area contributed by atoms with Crippen LogP contribution < -0.4 is 10.1 Å². The predicted molar refractivity (Wildman–Crippen MR) is 107 cm³/mol. The minimum atomic E-state index is -0.874. The summed E-state index contributed by atoms with van der Waals surface area (Å²) < 4.78 is 9.99.